The molecule has 1 saturated heterocycles. The predicted molar refractivity (Wildman–Crippen MR) is 169 cm³/mol. The first kappa shape index (κ1) is 29.3. The summed E-state index contributed by atoms with van der Waals surface area (Å²) in [5, 5.41) is 6.91. The third-order valence-electron chi connectivity index (χ3n) is 8.71. The molecule has 45 heavy (non-hydrogen) atoms. The van der Waals surface area contributed by atoms with Crippen LogP contribution in [0, 0.1) is 0 Å². The quantitative estimate of drug-likeness (QED) is 0.269. The summed E-state index contributed by atoms with van der Waals surface area (Å²) in [4.78, 5) is 44.8. The van der Waals surface area contributed by atoms with E-state index in [-0.39, 0.29) is 30.4 Å². The summed E-state index contributed by atoms with van der Waals surface area (Å²) in [5.41, 5.74) is 5.83. The summed E-state index contributed by atoms with van der Waals surface area (Å²) < 4.78 is 5.44. The Morgan fingerprint density at radius 3 is 2.53 bits per heavy atom. The average Bonchev–Trinajstić information content (AvgIpc) is 3.87. The van der Waals surface area contributed by atoms with E-state index in [1.54, 1.807) is 11.1 Å². The van der Waals surface area contributed by atoms with Crippen LogP contribution < -0.4 is 15.6 Å². The van der Waals surface area contributed by atoms with E-state index < -0.39 is 0 Å². The van der Waals surface area contributed by atoms with Crippen LogP contribution in [0.3, 0.4) is 0 Å². The van der Waals surface area contributed by atoms with E-state index in [1.807, 2.05) is 61.8 Å². The first-order valence-corrected chi connectivity index (χ1v) is 15.9. The van der Waals surface area contributed by atoms with Crippen LogP contribution in [-0.2, 0) is 16.1 Å². The van der Waals surface area contributed by atoms with Gasteiger partial charge in [-0.15, -0.1) is 0 Å². The molecule has 1 saturated carbocycles. The van der Waals surface area contributed by atoms with Crippen LogP contribution in [0.4, 0.5) is 5.95 Å². The minimum atomic E-state index is -0.233. The van der Waals surface area contributed by atoms with Crippen LogP contribution in [0.25, 0.3) is 22.6 Å². The number of H-pyrrole nitrogens is 1. The molecule has 7 rings (SSSR count). The van der Waals surface area contributed by atoms with Gasteiger partial charge in [0.2, 0.25) is 5.91 Å². The molecule has 10 nitrogen and oxygen atoms in total. The van der Waals surface area contributed by atoms with Gasteiger partial charge < -0.3 is 15.0 Å². The first-order chi connectivity index (χ1) is 21.9. The van der Waals surface area contributed by atoms with Gasteiger partial charge in [0.05, 0.1) is 18.3 Å². The monoisotopic (exact) mass is 624 g/mol. The Kier molecular flexibility index (Phi) is 8.16. The van der Waals surface area contributed by atoms with Crippen molar-refractivity contribution in [2.75, 3.05) is 25.1 Å². The van der Waals surface area contributed by atoms with Gasteiger partial charge in [0.15, 0.2) is 11.5 Å². The lowest BCUT2D eigenvalue weighted by molar-refractivity contribution is -0.365. The van der Waals surface area contributed by atoms with E-state index in [9.17, 15) is 9.59 Å². The molecular weight excluding hydrogens is 590 g/mol. The number of carbonyl (C=O) groups excluding carboxylic acids is 2. The molecule has 2 amide bonds. The van der Waals surface area contributed by atoms with Gasteiger partial charge in [-0.25, -0.2) is 15.0 Å². The summed E-state index contributed by atoms with van der Waals surface area (Å²) in [6.07, 6.45) is 9.79. The van der Waals surface area contributed by atoms with E-state index in [0.717, 1.165) is 48.3 Å². The summed E-state index contributed by atoms with van der Waals surface area (Å²) in [5.74, 6) is 1.51. The highest BCUT2D eigenvalue weighted by molar-refractivity contribution is 6.32. The number of amides is 2. The fourth-order valence-electron chi connectivity index (χ4n) is 5.92. The van der Waals surface area contributed by atoms with Crippen molar-refractivity contribution in [3.8, 4) is 22.6 Å². The number of fused-ring (bicyclic) bond motifs is 1. The number of ether oxygens (including phenoxy) is 1. The van der Waals surface area contributed by atoms with Crippen LogP contribution in [0.15, 0.2) is 61.1 Å². The average molecular weight is 625 g/mol. The van der Waals surface area contributed by atoms with Crippen LogP contribution >= 0.6 is 11.6 Å². The van der Waals surface area contributed by atoms with E-state index >= 15 is 0 Å². The van der Waals surface area contributed by atoms with Crippen molar-refractivity contribution in [1.29, 1.82) is 0 Å². The van der Waals surface area contributed by atoms with Crippen molar-refractivity contribution in [3.05, 3.63) is 88.3 Å². The Labute approximate surface area is 266 Å². The van der Waals surface area contributed by atoms with Crippen LogP contribution in [0.1, 0.15) is 71.6 Å². The highest BCUT2D eigenvalue weighted by Crippen LogP contribution is 2.39. The fraction of sp³-hybridized carbons (Fsp3) is 0.353. The zero-order valence-electron chi connectivity index (χ0n) is 25.1. The normalized spacial score (nSPS) is 17.2. The van der Waals surface area contributed by atoms with Crippen molar-refractivity contribution in [2.24, 2.45) is 0 Å². The fourth-order valence-corrected chi connectivity index (χ4v) is 6.13. The Morgan fingerprint density at radius 1 is 1.07 bits per heavy atom. The van der Waals surface area contributed by atoms with Crippen molar-refractivity contribution in [1.82, 2.24) is 25.2 Å². The van der Waals surface area contributed by atoms with Gasteiger partial charge in [-0.1, -0.05) is 53.0 Å². The maximum atomic E-state index is 13.4. The molecule has 0 spiro atoms. The Morgan fingerprint density at radius 2 is 1.80 bits per heavy atom. The van der Waals surface area contributed by atoms with Crippen LogP contribution in [0.2, 0.25) is 5.02 Å². The number of aromatic nitrogens is 4. The second-order valence-electron chi connectivity index (χ2n) is 12.0. The molecule has 2 aliphatic heterocycles. The molecule has 1 atom stereocenters. The van der Waals surface area contributed by atoms with Gasteiger partial charge >= 0.3 is 5.95 Å². The van der Waals surface area contributed by atoms with Crippen LogP contribution in [0.5, 0.6) is 0 Å². The largest absolute Gasteiger partial charge is 0.390 e. The number of rotatable bonds is 9. The molecule has 0 radical (unpaired) electrons. The lowest BCUT2D eigenvalue weighted by atomic mass is 10.0. The molecule has 2 aromatic heterocycles. The Hall–Kier alpha value is -4.41. The molecule has 0 bridgehead atoms. The molecule has 11 heteroatoms. The van der Waals surface area contributed by atoms with E-state index in [2.05, 4.69) is 25.6 Å². The summed E-state index contributed by atoms with van der Waals surface area (Å²) in [6.45, 7) is 3.70. The van der Waals surface area contributed by atoms with Crippen LogP contribution in [-0.4, -0.2) is 57.5 Å². The zero-order valence-corrected chi connectivity index (χ0v) is 25.8. The maximum Gasteiger partial charge on any atom is 0.390 e. The topological polar surface area (TPSA) is 123 Å². The van der Waals surface area contributed by atoms with Crippen molar-refractivity contribution in [3.63, 3.8) is 0 Å². The second kappa shape index (κ2) is 12.5. The molecule has 2 aromatic carbocycles. The first-order valence-electron chi connectivity index (χ1n) is 15.5. The molecule has 1 aliphatic carbocycles. The van der Waals surface area contributed by atoms with E-state index in [4.69, 9.17) is 21.3 Å². The number of aromatic amines is 1. The third kappa shape index (κ3) is 6.53. The highest BCUT2D eigenvalue weighted by atomic mass is 35.5. The van der Waals surface area contributed by atoms with Gasteiger partial charge in [0.25, 0.3) is 5.91 Å². The molecule has 3 N–H and O–H groups in total. The summed E-state index contributed by atoms with van der Waals surface area (Å²) in [7, 11) is 0. The smallest absolute Gasteiger partial charge is 0.381 e. The van der Waals surface area contributed by atoms with Crippen molar-refractivity contribution < 1.29 is 19.3 Å². The molecular formula is C34H35ClN7O3+. The molecule has 230 valence electrons. The molecule has 0 unspecified atom stereocenters. The molecule has 4 aromatic rings. The summed E-state index contributed by atoms with van der Waals surface area (Å²) >= 11 is 6.52. The van der Waals surface area contributed by atoms with E-state index in [1.165, 1.54) is 18.4 Å². The summed E-state index contributed by atoms with van der Waals surface area (Å²) in [6, 6.07) is 13.6. The van der Waals surface area contributed by atoms with E-state index in [0.29, 0.717) is 40.5 Å². The number of nitrogens with one attached hydrogen (secondary N) is 3. The lowest BCUT2D eigenvalue weighted by Crippen LogP contribution is -2.38. The highest BCUT2D eigenvalue weighted by Gasteiger charge is 2.31. The number of anilines is 1. The standard InChI is InChI=1S/C34H34ClN7O3/c1-20(21-2-6-23(7-3-21)32-36-15-26(16-37-32)22-4-5-22)39-30(43)19-42-18-25-9-8-24(14-28(25)33(42)44)31-29(35)17-38-34(41-31)40-27-10-12-45-13-11-27/h2-3,6-9,14-17,20,22,27H,4-5,10-13,18-19H2,1H3,(H,39,43)(H,38,40,41)/p+1/t20-/m1/s1. The number of hydrogen-bond acceptors (Lipinski definition) is 7. The Balaban J connectivity index is 0.971. The van der Waals surface area contributed by atoms with Crippen molar-refractivity contribution in [2.45, 2.75) is 57.2 Å². The number of nitrogens with zero attached hydrogens (tertiary/aromatic N) is 4. The molecule has 4 heterocycles. The number of benzene rings is 2. The number of carbonyl (C=O) groups is 2. The van der Waals surface area contributed by atoms with Gasteiger partial charge in [0, 0.05) is 61.7 Å². The number of hydrogen-bond donors (Lipinski definition) is 2. The zero-order chi connectivity index (χ0) is 30.9. The molecule has 3 aliphatic rings. The van der Waals surface area contributed by atoms with Crippen molar-refractivity contribution >= 4 is 29.4 Å². The Bertz CT molecular complexity index is 1720. The van der Waals surface area contributed by atoms with Gasteiger partial charge in [-0.2, -0.15) is 0 Å². The number of halogens is 1. The van der Waals surface area contributed by atoms with Gasteiger partial charge in [0.1, 0.15) is 11.6 Å². The predicted octanol–water partition coefficient (Wildman–Crippen LogP) is 4.97. The SMILES string of the molecule is C[C@@H](NC(=O)CN1Cc2ccc(-c3nc(NC4CCOCC4)[nH+]cc3Cl)cc2C1=O)c1ccc(-c2ncc(C3CC3)cn2)cc1. The van der Waals surface area contributed by atoms with Gasteiger partial charge in [-0.3, -0.25) is 14.9 Å². The maximum absolute atomic E-state index is 13.4. The lowest BCUT2D eigenvalue weighted by Gasteiger charge is -2.19. The third-order valence-corrected chi connectivity index (χ3v) is 9.00. The minimum absolute atomic E-state index is 0.0368. The molecule has 2 fully saturated rings. The minimum Gasteiger partial charge on any atom is -0.381 e. The van der Waals surface area contributed by atoms with Gasteiger partial charge in [-0.05, 0) is 48.4 Å². The second-order valence-corrected chi connectivity index (χ2v) is 12.4.